The highest BCUT2D eigenvalue weighted by Crippen LogP contribution is 2.34. The van der Waals surface area contributed by atoms with Gasteiger partial charge in [0, 0.05) is 13.2 Å². The Kier molecular flexibility index (Phi) is 4.21. The molecule has 0 N–H and O–H groups in total. The van der Waals surface area contributed by atoms with Crippen LogP contribution in [0.4, 0.5) is 0 Å². The van der Waals surface area contributed by atoms with Gasteiger partial charge in [-0.1, -0.05) is 0 Å². The standard InChI is InChI=1S/C12H21NO3S/c1-11(2,3)17(14,15)9-6-12(10-13)4-7-16-8-5-12/h4-9H2,1-3H3. The van der Waals surface area contributed by atoms with Gasteiger partial charge in [0.2, 0.25) is 0 Å². The number of rotatable bonds is 3. The first-order valence-corrected chi connectivity index (χ1v) is 7.59. The molecule has 1 saturated heterocycles. The fourth-order valence-electron chi connectivity index (χ4n) is 1.82. The van der Waals surface area contributed by atoms with E-state index in [1.54, 1.807) is 20.8 Å². The molecule has 0 radical (unpaired) electrons. The summed E-state index contributed by atoms with van der Waals surface area (Å²) in [5.74, 6) is 0.0874. The first-order chi connectivity index (χ1) is 7.72. The zero-order chi connectivity index (χ0) is 13.2. The summed E-state index contributed by atoms with van der Waals surface area (Å²) in [4.78, 5) is 0. The maximum Gasteiger partial charge on any atom is 0.155 e. The molecule has 1 fully saturated rings. The Hall–Kier alpha value is -0.600. The first kappa shape index (κ1) is 14.5. The molecule has 0 aromatic carbocycles. The van der Waals surface area contributed by atoms with Crippen LogP contribution in [0.5, 0.6) is 0 Å². The molecule has 0 aromatic rings. The highest BCUT2D eigenvalue weighted by molar-refractivity contribution is 7.92. The second-order valence-electron chi connectivity index (χ2n) is 5.69. The molecule has 1 aliphatic rings. The largest absolute Gasteiger partial charge is 0.381 e. The van der Waals surface area contributed by atoms with Gasteiger partial charge in [-0.05, 0) is 40.0 Å². The van der Waals surface area contributed by atoms with E-state index in [1.807, 2.05) is 0 Å². The lowest BCUT2D eigenvalue weighted by Gasteiger charge is -2.31. The number of hydrogen-bond donors (Lipinski definition) is 0. The Morgan fingerprint density at radius 1 is 1.29 bits per heavy atom. The molecule has 5 heteroatoms. The van der Waals surface area contributed by atoms with E-state index in [0.717, 1.165) is 0 Å². The fraction of sp³-hybridized carbons (Fsp3) is 0.917. The molecular weight excluding hydrogens is 238 g/mol. The van der Waals surface area contributed by atoms with Gasteiger partial charge in [-0.15, -0.1) is 0 Å². The number of nitriles is 1. The summed E-state index contributed by atoms with van der Waals surface area (Å²) in [6, 6.07) is 2.30. The van der Waals surface area contributed by atoms with Gasteiger partial charge in [0.1, 0.15) is 0 Å². The van der Waals surface area contributed by atoms with Crippen LogP contribution < -0.4 is 0 Å². The van der Waals surface area contributed by atoms with Crippen LogP contribution in [0.25, 0.3) is 0 Å². The normalized spacial score (nSPS) is 20.8. The topological polar surface area (TPSA) is 67.2 Å². The zero-order valence-electron chi connectivity index (χ0n) is 10.8. The van der Waals surface area contributed by atoms with E-state index in [0.29, 0.717) is 32.5 Å². The Balaban J connectivity index is 2.70. The summed E-state index contributed by atoms with van der Waals surface area (Å²) >= 11 is 0. The van der Waals surface area contributed by atoms with Crippen molar-refractivity contribution in [1.82, 2.24) is 0 Å². The second kappa shape index (κ2) is 4.95. The number of ether oxygens (including phenoxy) is 1. The molecule has 98 valence electrons. The molecule has 4 nitrogen and oxygen atoms in total. The van der Waals surface area contributed by atoms with Crippen molar-refractivity contribution in [3.05, 3.63) is 0 Å². The van der Waals surface area contributed by atoms with Crippen molar-refractivity contribution in [3.8, 4) is 6.07 Å². The van der Waals surface area contributed by atoms with E-state index >= 15 is 0 Å². The first-order valence-electron chi connectivity index (χ1n) is 5.94. The number of sulfone groups is 1. The number of nitrogens with zero attached hydrogens (tertiary/aromatic N) is 1. The quantitative estimate of drug-likeness (QED) is 0.776. The maximum absolute atomic E-state index is 12.0. The van der Waals surface area contributed by atoms with E-state index in [2.05, 4.69) is 6.07 Å². The molecule has 0 aliphatic carbocycles. The molecule has 0 bridgehead atoms. The highest BCUT2D eigenvalue weighted by Gasteiger charge is 2.36. The maximum atomic E-state index is 12.0. The van der Waals surface area contributed by atoms with Crippen molar-refractivity contribution in [2.45, 2.75) is 44.8 Å². The van der Waals surface area contributed by atoms with Crippen molar-refractivity contribution >= 4 is 9.84 Å². The van der Waals surface area contributed by atoms with Gasteiger partial charge < -0.3 is 4.74 Å². The van der Waals surface area contributed by atoms with E-state index < -0.39 is 20.0 Å². The Bertz CT molecular complexity index is 394. The van der Waals surface area contributed by atoms with Crippen LogP contribution in [-0.4, -0.2) is 32.1 Å². The van der Waals surface area contributed by atoms with Gasteiger partial charge in [-0.2, -0.15) is 5.26 Å². The van der Waals surface area contributed by atoms with Crippen LogP contribution in [0.15, 0.2) is 0 Å². The molecule has 0 unspecified atom stereocenters. The van der Waals surface area contributed by atoms with Gasteiger partial charge in [0.25, 0.3) is 0 Å². The van der Waals surface area contributed by atoms with E-state index in [4.69, 9.17) is 4.74 Å². The summed E-state index contributed by atoms with van der Waals surface area (Å²) in [5, 5.41) is 9.24. The highest BCUT2D eigenvalue weighted by atomic mass is 32.2. The van der Waals surface area contributed by atoms with Gasteiger partial charge in [0.05, 0.1) is 22.0 Å². The lowest BCUT2D eigenvalue weighted by atomic mass is 9.79. The minimum atomic E-state index is -3.14. The van der Waals surface area contributed by atoms with E-state index in [1.165, 1.54) is 0 Å². The smallest absolute Gasteiger partial charge is 0.155 e. The van der Waals surface area contributed by atoms with Crippen LogP contribution in [0.2, 0.25) is 0 Å². The minimum Gasteiger partial charge on any atom is -0.381 e. The predicted molar refractivity (Wildman–Crippen MR) is 66.3 cm³/mol. The Morgan fingerprint density at radius 3 is 2.24 bits per heavy atom. The fourth-order valence-corrected chi connectivity index (χ4v) is 3.09. The molecule has 17 heavy (non-hydrogen) atoms. The van der Waals surface area contributed by atoms with Crippen molar-refractivity contribution in [2.75, 3.05) is 19.0 Å². The lowest BCUT2D eigenvalue weighted by Crippen LogP contribution is -2.35. The van der Waals surface area contributed by atoms with Gasteiger partial charge in [-0.3, -0.25) is 0 Å². The molecule has 0 aromatic heterocycles. The Labute approximate surface area is 104 Å². The van der Waals surface area contributed by atoms with E-state index in [-0.39, 0.29) is 5.75 Å². The molecule has 0 amide bonds. The van der Waals surface area contributed by atoms with Crippen molar-refractivity contribution in [1.29, 1.82) is 5.26 Å². The predicted octanol–water partition coefficient (Wildman–Crippen LogP) is 1.91. The molecule has 1 aliphatic heterocycles. The molecule has 0 atom stereocenters. The zero-order valence-corrected chi connectivity index (χ0v) is 11.6. The van der Waals surface area contributed by atoms with E-state index in [9.17, 15) is 13.7 Å². The monoisotopic (exact) mass is 259 g/mol. The van der Waals surface area contributed by atoms with Crippen LogP contribution in [-0.2, 0) is 14.6 Å². The molecule has 1 heterocycles. The summed E-state index contributed by atoms with van der Waals surface area (Å²) in [7, 11) is -3.14. The molecule has 0 saturated carbocycles. The van der Waals surface area contributed by atoms with Crippen LogP contribution >= 0.6 is 0 Å². The summed E-state index contributed by atoms with van der Waals surface area (Å²) in [6.45, 7) is 6.22. The second-order valence-corrected chi connectivity index (χ2v) is 8.55. The SMILES string of the molecule is CC(C)(C)S(=O)(=O)CCC1(C#N)CCOCC1. The molecule has 0 spiro atoms. The average Bonchev–Trinajstić information content (AvgIpc) is 2.26. The van der Waals surface area contributed by atoms with Crippen molar-refractivity contribution in [2.24, 2.45) is 5.41 Å². The van der Waals surface area contributed by atoms with Gasteiger partial charge in [0.15, 0.2) is 9.84 Å². The molecular formula is C12H21NO3S. The average molecular weight is 259 g/mol. The lowest BCUT2D eigenvalue weighted by molar-refractivity contribution is 0.0392. The number of hydrogen-bond acceptors (Lipinski definition) is 4. The third kappa shape index (κ3) is 3.43. The minimum absolute atomic E-state index is 0.0874. The van der Waals surface area contributed by atoms with Crippen molar-refractivity contribution in [3.63, 3.8) is 0 Å². The van der Waals surface area contributed by atoms with Crippen molar-refractivity contribution < 1.29 is 13.2 Å². The third-order valence-electron chi connectivity index (χ3n) is 3.47. The third-order valence-corrected chi connectivity index (χ3v) is 6.08. The van der Waals surface area contributed by atoms with Crippen LogP contribution in [0.1, 0.15) is 40.0 Å². The Morgan fingerprint density at radius 2 is 1.82 bits per heavy atom. The summed E-state index contributed by atoms with van der Waals surface area (Å²) < 4.78 is 28.5. The van der Waals surface area contributed by atoms with Crippen LogP contribution in [0, 0.1) is 16.7 Å². The van der Waals surface area contributed by atoms with Gasteiger partial charge in [-0.25, -0.2) is 8.42 Å². The summed E-state index contributed by atoms with van der Waals surface area (Å²) in [6.07, 6.45) is 1.71. The van der Waals surface area contributed by atoms with Crippen LogP contribution in [0.3, 0.4) is 0 Å². The molecule has 1 rings (SSSR count). The van der Waals surface area contributed by atoms with Gasteiger partial charge >= 0.3 is 0 Å². The summed E-state index contributed by atoms with van der Waals surface area (Å²) in [5.41, 5.74) is -0.503.